The Morgan fingerprint density at radius 2 is 1.75 bits per heavy atom. The summed E-state index contributed by atoms with van der Waals surface area (Å²) >= 11 is 1.44. The molecule has 2 N–H and O–H groups in total. The molecule has 2 aromatic rings. The third-order valence-corrected chi connectivity index (χ3v) is 6.83. The fourth-order valence-electron chi connectivity index (χ4n) is 4.27. The lowest BCUT2D eigenvalue weighted by atomic mass is 10.00. The van der Waals surface area contributed by atoms with E-state index in [1.807, 2.05) is 22.4 Å². The van der Waals surface area contributed by atoms with Crippen molar-refractivity contribution >= 4 is 36.8 Å². The van der Waals surface area contributed by atoms with Crippen LogP contribution < -0.4 is 5.32 Å². The van der Waals surface area contributed by atoms with Crippen molar-refractivity contribution in [1.29, 1.82) is 0 Å². The molecule has 174 valence electrons. The van der Waals surface area contributed by atoms with E-state index < -0.39 is 6.10 Å². The molecule has 2 aliphatic heterocycles. The second kappa shape index (κ2) is 11.7. The van der Waals surface area contributed by atoms with E-state index in [-0.39, 0.29) is 32.0 Å². The fourth-order valence-corrected chi connectivity index (χ4v) is 4.96. The molecular formula is C23H32N4O3S2. The molecule has 0 unspecified atom stereocenters. The van der Waals surface area contributed by atoms with Crippen molar-refractivity contribution in [2.45, 2.75) is 25.5 Å². The average Bonchev–Trinajstić information content (AvgIpc) is 3.21. The van der Waals surface area contributed by atoms with Gasteiger partial charge in [-0.1, -0.05) is 30.3 Å². The van der Waals surface area contributed by atoms with Crippen LogP contribution in [-0.2, 0) is 13.0 Å². The lowest BCUT2D eigenvalue weighted by molar-refractivity contribution is 0.0767. The molecule has 0 saturated carbocycles. The number of rotatable bonds is 5. The number of hydrogen-bond acceptors (Lipinski definition) is 5. The minimum Gasteiger partial charge on any atom is -0.390 e. The van der Waals surface area contributed by atoms with Gasteiger partial charge in [0.2, 0.25) is 0 Å². The highest BCUT2D eigenvalue weighted by molar-refractivity contribution is 7.59. The van der Waals surface area contributed by atoms with E-state index in [0.29, 0.717) is 32.7 Å². The van der Waals surface area contributed by atoms with Gasteiger partial charge in [-0.15, -0.1) is 11.3 Å². The van der Waals surface area contributed by atoms with Gasteiger partial charge in [0.1, 0.15) is 0 Å². The van der Waals surface area contributed by atoms with E-state index in [2.05, 4.69) is 34.5 Å². The molecule has 1 fully saturated rings. The molecule has 32 heavy (non-hydrogen) atoms. The van der Waals surface area contributed by atoms with Crippen LogP contribution in [0.1, 0.15) is 27.2 Å². The minimum atomic E-state index is -0.613. The Kier molecular flexibility index (Phi) is 8.98. The number of carbonyl (C=O) groups is 2. The summed E-state index contributed by atoms with van der Waals surface area (Å²) in [6.45, 7) is 4.81. The maximum absolute atomic E-state index is 12.6. The number of aliphatic hydroxyl groups excluding tert-OH is 1. The normalized spacial score (nSPS) is 17.7. The molecule has 2 aliphatic rings. The van der Waals surface area contributed by atoms with Crippen LogP contribution in [0.5, 0.6) is 0 Å². The molecule has 1 atom stereocenters. The van der Waals surface area contributed by atoms with Crippen molar-refractivity contribution in [1.82, 2.24) is 20.0 Å². The van der Waals surface area contributed by atoms with Crippen molar-refractivity contribution < 1.29 is 14.7 Å². The average molecular weight is 477 g/mol. The molecule has 0 aliphatic carbocycles. The van der Waals surface area contributed by atoms with Crippen LogP contribution in [0.15, 0.2) is 41.8 Å². The fraction of sp³-hybridized carbons (Fsp3) is 0.478. The molecule has 0 radical (unpaired) electrons. The molecule has 1 aromatic carbocycles. The number of thiophene rings is 1. The summed E-state index contributed by atoms with van der Waals surface area (Å²) in [5.74, 6) is 0.0378. The topological polar surface area (TPSA) is 76.1 Å². The Balaban J connectivity index is 0.00000289. The number of benzene rings is 1. The predicted octanol–water partition coefficient (Wildman–Crippen LogP) is 2.14. The lowest BCUT2D eigenvalue weighted by Gasteiger charge is -2.30. The molecule has 3 amide bonds. The molecule has 3 heterocycles. The maximum atomic E-state index is 12.6. The number of amides is 3. The summed E-state index contributed by atoms with van der Waals surface area (Å²) in [4.78, 5) is 31.7. The van der Waals surface area contributed by atoms with Crippen molar-refractivity contribution in [2.75, 3.05) is 45.8 Å². The van der Waals surface area contributed by atoms with Crippen LogP contribution in [0.3, 0.4) is 0 Å². The van der Waals surface area contributed by atoms with Gasteiger partial charge < -0.3 is 20.2 Å². The van der Waals surface area contributed by atoms with Gasteiger partial charge >= 0.3 is 6.03 Å². The van der Waals surface area contributed by atoms with Crippen LogP contribution in [0.4, 0.5) is 4.79 Å². The third-order valence-electron chi connectivity index (χ3n) is 5.97. The molecule has 1 saturated heterocycles. The maximum Gasteiger partial charge on any atom is 0.317 e. The Labute approximate surface area is 200 Å². The zero-order valence-corrected chi connectivity index (χ0v) is 20.0. The highest BCUT2D eigenvalue weighted by Crippen LogP contribution is 2.18. The van der Waals surface area contributed by atoms with E-state index in [1.165, 1.54) is 22.5 Å². The number of aliphatic hydroxyl groups is 1. The van der Waals surface area contributed by atoms with Gasteiger partial charge in [0, 0.05) is 52.4 Å². The van der Waals surface area contributed by atoms with Gasteiger partial charge in [-0.05, 0) is 35.4 Å². The summed E-state index contributed by atoms with van der Waals surface area (Å²) in [5, 5.41) is 15.2. The first-order chi connectivity index (χ1) is 15.1. The van der Waals surface area contributed by atoms with Gasteiger partial charge in [0.25, 0.3) is 5.91 Å². The number of urea groups is 1. The van der Waals surface area contributed by atoms with Crippen LogP contribution in [0, 0.1) is 0 Å². The minimum absolute atomic E-state index is 0. The highest BCUT2D eigenvalue weighted by Gasteiger charge is 2.24. The Hall–Kier alpha value is -2.07. The highest BCUT2D eigenvalue weighted by atomic mass is 32.1. The summed E-state index contributed by atoms with van der Waals surface area (Å²) in [7, 11) is 0. The van der Waals surface area contributed by atoms with Gasteiger partial charge in [-0.2, -0.15) is 13.5 Å². The molecule has 7 nitrogen and oxygen atoms in total. The largest absolute Gasteiger partial charge is 0.390 e. The zero-order chi connectivity index (χ0) is 21.6. The van der Waals surface area contributed by atoms with Crippen molar-refractivity contribution in [3.05, 3.63) is 57.8 Å². The summed E-state index contributed by atoms with van der Waals surface area (Å²) in [5.41, 5.74) is 2.70. The molecule has 0 spiro atoms. The van der Waals surface area contributed by atoms with E-state index >= 15 is 0 Å². The van der Waals surface area contributed by atoms with Crippen molar-refractivity contribution in [2.24, 2.45) is 0 Å². The first kappa shape index (κ1) is 24.6. The van der Waals surface area contributed by atoms with Gasteiger partial charge in [0.05, 0.1) is 11.0 Å². The Bertz CT molecular complexity index is 893. The van der Waals surface area contributed by atoms with Crippen LogP contribution in [0.25, 0.3) is 0 Å². The van der Waals surface area contributed by atoms with E-state index in [0.717, 1.165) is 30.8 Å². The monoisotopic (exact) mass is 476 g/mol. The lowest BCUT2D eigenvalue weighted by Crippen LogP contribution is -2.47. The van der Waals surface area contributed by atoms with Crippen molar-refractivity contribution in [3.8, 4) is 0 Å². The number of nitrogens with zero attached hydrogens (tertiary/aromatic N) is 3. The number of fused-ring (bicyclic) bond motifs is 1. The molecular weight excluding hydrogens is 444 g/mol. The zero-order valence-electron chi connectivity index (χ0n) is 18.2. The van der Waals surface area contributed by atoms with E-state index in [4.69, 9.17) is 0 Å². The van der Waals surface area contributed by atoms with E-state index in [1.54, 1.807) is 4.90 Å². The van der Waals surface area contributed by atoms with Gasteiger partial charge in [-0.3, -0.25) is 9.69 Å². The quantitative estimate of drug-likeness (QED) is 0.693. The molecule has 9 heteroatoms. The predicted molar refractivity (Wildman–Crippen MR) is 132 cm³/mol. The summed E-state index contributed by atoms with van der Waals surface area (Å²) in [6.07, 6.45) is 1.13. The number of carbonyl (C=O) groups excluding carboxylic acids is 2. The second-order valence-corrected chi connectivity index (χ2v) is 9.15. The first-order valence-electron chi connectivity index (χ1n) is 10.9. The smallest absolute Gasteiger partial charge is 0.317 e. The number of β-amino-alcohol motifs (C(OH)–C–C–N with tert-alkyl or cyclic N) is 1. The Morgan fingerprint density at radius 3 is 2.53 bits per heavy atom. The number of nitrogens with one attached hydrogen (secondary N) is 1. The van der Waals surface area contributed by atoms with Gasteiger partial charge in [-0.25, -0.2) is 4.79 Å². The van der Waals surface area contributed by atoms with Crippen molar-refractivity contribution in [3.63, 3.8) is 0 Å². The van der Waals surface area contributed by atoms with Gasteiger partial charge in [0.15, 0.2) is 0 Å². The van der Waals surface area contributed by atoms with E-state index in [9.17, 15) is 14.7 Å². The SMILES string of the molecule is O=C(NC[C@H](O)CN1CCc2ccccc2C1)N1CCCN(C(=O)c2cccs2)CC1.S. The van der Waals surface area contributed by atoms with Crippen LogP contribution in [-0.4, -0.2) is 83.7 Å². The molecule has 0 bridgehead atoms. The molecule has 1 aromatic heterocycles. The standard InChI is InChI=1S/C23H30N4O3S.H2S/c28-20(17-25-11-8-18-5-1-2-6-19(18)16-25)15-24-23(30)27-10-4-9-26(12-13-27)22(29)21-7-3-14-31-21;/h1-3,5-7,14,20,28H,4,8-13,15-17H2,(H,24,30);1H2/t20-;/m0./s1. The second-order valence-electron chi connectivity index (χ2n) is 8.20. The Morgan fingerprint density at radius 1 is 1.00 bits per heavy atom. The third kappa shape index (κ3) is 6.25. The summed E-state index contributed by atoms with van der Waals surface area (Å²) < 4.78 is 0. The summed E-state index contributed by atoms with van der Waals surface area (Å²) in [6, 6.07) is 12.0. The number of hydrogen-bond donors (Lipinski definition) is 2. The first-order valence-corrected chi connectivity index (χ1v) is 11.8. The van der Waals surface area contributed by atoms with Crippen LogP contribution in [0.2, 0.25) is 0 Å². The molecule has 4 rings (SSSR count). The van der Waals surface area contributed by atoms with Crippen LogP contribution >= 0.6 is 24.8 Å².